The van der Waals surface area contributed by atoms with Gasteiger partial charge in [-0.3, -0.25) is 4.79 Å². The van der Waals surface area contributed by atoms with Crippen LogP contribution in [0, 0.1) is 6.92 Å². The molecule has 0 aromatic heterocycles. The quantitative estimate of drug-likeness (QED) is 0.621. The summed E-state index contributed by atoms with van der Waals surface area (Å²) in [5.74, 6) is -0.254. The van der Waals surface area contributed by atoms with Crippen LogP contribution in [0.25, 0.3) is 0 Å². The predicted molar refractivity (Wildman–Crippen MR) is 124 cm³/mol. The lowest BCUT2D eigenvalue weighted by molar-refractivity contribution is -0.122. The van der Waals surface area contributed by atoms with Gasteiger partial charge in [-0.15, -0.1) is 0 Å². The number of anilines is 1. The van der Waals surface area contributed by atoms with Crippen molar-refractivity contribution in [2.75, 3.05) is 50.0 Å². The van der Waals surface area contributed by atoms with E-state index in [0.29, 0.717) is 42.0 Å². The third kappa shape index (κ3) is 6.74. The van der Waals surface area contributed by atoms with Crippen molar-refractivity contribution in [3.05, 3.63) is 58.1 Å². The molecule has 1 heterocycles. The summed E-state index contributed by atoms with van der Waals surface area (Å²) in [6, 6.07) is 12.9. The van der Waals surface area contributed by atoms with Gasteiger partial charge in [0, 0.05) is 43.4 Å². The molecule has 1 amide bonds. The Morgan fingerprint density at radius 2 is 1.84 bits per heavy atom. The SMILES string of the molecule is Cc1cccc(N2CCN(S(=O)(=O)CCNC(=O)COc3ccc(Cl)cc3Cl)CC2)c1. The van der Waals surface area contributed by atoms with Crippen LogP contribution >= 0.6 is 23.2 Å². The van der Waals surface area contributed by atoms with Crippen molar-refractivity contribution < 1.29 is 17.9 Å². The summed E-state index contributed by atoms with van der Waals surface area (Å²) in [4.78, 5) is 14.1. The monoisotopic (exact) mass is 485 g/mol. The molecule has 0 aliphatic carbocycles. The molecule has 0 saturated carbocycles. The van der Waals surface area contributed by atoms with Crippen molar-refractivity contribution in [1.82, 2.24) is 9.62 Å². The van der Waals surface area contributed by atoms with Gasteiger partial charge in [-0.1, -0.05) is 35.3 Å². The number of ether oxygens (including phenoxy) is 1. The van der Waals surface area contributed by atoms with E-state index in [1.807, 2.05) is 25.1 Å². The van der Waals surface area contributed by atoms with Crippen LogP contribution in [0.1, 0.15) is 5.56 Å². The van der Waals surface area contributed by atoms with E-state index in [0.717, 1.165) is 5.69 Å². The summed E-state index contributed by atoms with van der Waals surface area (Å²) in [5, 5.41) is 3.33. The smallest absolute Gasteiger partial charge is 0.257 e. The lowest BCUT2D eigenvalue weighted by Crippen LogP contribution is -2.50. The van der Waals surface area contributed by atoms with Gasteiger partial charge < -0.3 is 15.0 Å². The number of nitrogens with one attached hydrogen (secondary N) is 1. The molecule has 1 aliphatic heterocycles. The Morgan fingerprint density at radius 1 is 1.10 bits per heavy atom. The number of carbonyl (C=O) groups excluding carboxylic acids is 1. The fourth-order valence-corrected chi connectivity index (χ4v) is 5.09. The van der Waals surface area contributed by atoms with E-state index in [9.17, 15) is 13.2 Å². The van der Waals surface area contributed by atoms with Gasteiger partial charge >= 0.3 is 0 Å². The third-order valence-corrected chi connectivity index (χ3v) is 7.34. The first-order valence-electron chi connectivity index (χ1n) is 9.88. The number of sulfonamides is 1. The molecule has 0 spiro atoms. The maximum absolute atomic E-state index is 12.6. The van der Waals surface area contributed by atoms with Crippen molar-refractivity contribution in [2.24, 2.45) is 0 Å². The molecule has 2 aromatic rings. The van der Waals surface area contributed by atoms with E-state index in [1.165, 1.54) is 15.9 Å². The number of benzene rings is 2. The Balaban J connectivity index is 1.41. The van der Waals surface area contributed by atoms with Crippen molar-refractivity contribution >= 4 is 44.8 Å². The second-order valence-corrected chi connectivity index (χ2v) is 10.2. The maximum atomic E-state index is 12.6. The number of nitrogens with zero attached hydrogens (tertiary/aromatic N) is 2. The molecule has 1 N–H and O–H groups in total. The number of carbonyl (C=O) groups is 1. The van der Waals surface area contributed by atoms with Gasteiger partial charge in [0.2, 0.25) is 10.0 Å². The minimum absolute atomic E-state index is 0.0109. The molecule has 168 valence electrons. The highest BCUT2D eigenvalue weighted by Gasteiger charge is 2.26. The van der Waals surface area contributed by atoms with Gasteiger partial charge in [0.15, 0.2) is 6.61 Å². The normalized spacial score (nSPS) is 15.0. The maximum Gasteiger partial charge on any atom is 0.257 e. The van der Waals surface area contributed by atoms with Crippen LogP contribution in [0.2, 0.25) is 10.0 Å². The van der Waals surface area contributed by atoms with Gasteiger partial charge in [-0.2, -0.15) is 4.31 Å². The topological polar surface area (TPSA) is 79.0 Å². The Bertz CT molecular complexity index is 1030. The zero-order chi connectivity index (χ0) is 22.4. The van der Waals surface area contributed by atoms with Crippen LogP contribution in [0.3, 0.4) is 0 Å². The van der Waals surface area contributed by atoms with Crippen LogP contribution < -0.4 is 15.0 Å². The molecule has 0 radical (unpaired) electrons. The number of halogens is 2. The summed E-state index contributed by atoms with van der Waals surface area (Å²) >= 11 is 11.8. The van der Waals surface area contributed by atoms with Crippen LogP contribution in [0.5, 0.6) is 5.75 Å². The Morgan fingerprint density at radius 3 is 2.52 bits per heavy atom. The molecule has 1 aliphatic rings. The first kappa shape index (κ1) is 23.7. The zero-order valence-corrected chi connectivity index (χ0v) is 19.5. The average Bonchev–Trinajstić information content (AvgIpc) is 2.73. The molecule has 1 fully saturated rings. The van der Waals surface area contributed by atoms with E-state index < -0.39 is 15.9 Å². The van der Waals surface area contributed by atoms with Gasteiger partial charge in [-0.25, -0.2) is 8.42 Å². The van der Waals surface area contributed by atoms with Crippen molar-refractivity contribution in [2.45, 2.75) is 6.92 Å². The number of hydrogen-bond acceptors (Lipinski definition) is 5. The Kier molecular flexibility index (Phi) is 8.05. The summed E-state index contributed by atoms with van der Waals surface area (Å²) in [6.07, 6.45) is 0. The molecule has 31 heavy (non-hydrogen) atoms. The highest BCUT2D eigenvalue weighted by Crippen LogP contribution is 2.27. The number of rotatable bonds is 8. The fraction of sp³-hybridized carbons (Fsp3) is 0.381. The first-order valence-corrected chi connectivity index (χ1v) is 12.2. The fourth-order valence-electron chi connectivity index (χ4n) is 3.28. The van der Waals surface area contributed by atoms with Crippen molar-refractivity contribution in [3.63, 3.8) is 0 Å². The molecule has 7 nitrogen and oxygen atoms in total. The number of aryl methyl sites for hydroxylation is 1. The van der Waals surface area contributed by atoms with E-state index in [4.69, 9.17) is 27.9 Å². The standard InChI is InChI=1S/C21H25Cl2N3O4S/c1-16-3-2-4-18(13-16)25-8-10-26(11-9-25)31(28,29)12-7-24-21(27)15-30-20-6-5-17(22)14-19(20)23/h2-6,13-14H,7-12,15H2,1H3,(H,24,27). The van der Waals surface area contributed by atoms with Crippen LogP contribution in [-0.4, -0.2) is 63.7 Å². The van der Waals surface area contributed by atoms with Crippen molar-refractivity contribution in [1.29, 1.82) is 0 Å². The van der Waals surface area contributed by atoms with E-state index in [1.54, 1.807) is 12.1 Å². The minimum atomic E-state index is -3.46. The molecule has 2 aromatic carbocycles. The van der Waals surface area contributed by atoms with Gasteiger partial charge in [0.25, 0.3) is 5.91 Å². The van der Waals surface area contributed by atoms with E-state index in [-0.39, 0.29) is 18.9 Å². The Labute approximate surface area is 192 Å². The summed E-state index contributed by atoms with van der Waals surface area (Å²) in [7, 11) is -3.46. The van der Waals surface area contributed by atoms with Crippen LogP contribution in [0.4, 0.5) is 5.69 Å². The number of amides is 1. The molecule has 10 heteroatoms. The molecule has 0 atom stereocenters. The second kappa shape index (κ2) is 10.5. The third-order valence-electron chi connectivity index (χ3n) is 4.93. The Hall–Kier alpha value is -2.00. The summed E-state index contributed by atoms with van der Waals surface area (Å²) in [6.45, 7) is 3.88. The van der Waals surface area contributed by atoms with Crippen molar-refractivity contribution in [3.8, 4) is 5.75 Å². The molecular formula is C21H25Cl2N3O4S. The lowest BCUT2D eigenvalue weighted by atomic mass is 10.2. The summed E-state index contributed by atoms with van der Waals surface area (Å²) in [5.41, 5.74) is 2.27. The van der Waals surface area contributed by atoms with Gasteiger partial charge in [0.1, 0.15) is 5.75 Å². The van der Waals surface area contributed by atoms with E-state index in [2.05, 4.69) is 16.3 Å². The first-order chi connectivity index (χ1) is 14.7. The minimum Gasteiger partial charge on any atom is -0.482 e. The number of piperazine rings is 1. The highest BCUT2D eigenvalue weighted by molar-refractivity contribution is 7.89. The lowest BCUT2D eigenvalue weighted by Gasteiger charge is -2.35. The van der Waals surface area contributed by atoms with Gasteiger partial charge in [0.05, 0.1) is 10.8 Å². The molecule has 0 unspecified atom stereocenters. The summed E-state index contributed by atoms with van der Waals surface area (Å²) < 4.78 is 32.1. The average molecular weight is 486 g/mol. The largest absolute Gasteiger partial charge is 0.482 e. The van der Waals surface area contributed by atoms with E-state index >= 15 is 0 Å². The van der Waals surface area contributed by atoms with Gasteiger partial charge in [-0.05, 0) is 42.8 Å². The van der Waals surface area contributed by atoms with Crippen LogP contribution in [0.15, 0.2) is 42.5 Å². The highest BCUT2D eigenvalue weighted by atomic mass is 35.5. The zero-order valence-electron chi connectivity index (χ0n) is 17.2. The molecule has 1 saturated heterocycles. The number of hydrogen-bond donors (Lipinski definition) is 1. The molecule has 0 bridgehead atoms. The molecular weight excluding hydrogens is 461 g/mol. The second-order valence-electron chi connectivity index (χ2n) is 7.25. The van der Waals surface area contributed by atoms with Crippen LogP contribution in [-0.2, 0) is 14.8 Å². The predicted octanol–water partition coefficient (Wildman–Crippen LogP) is 2.95. The molecule has 3 rings (SSSR count).